The number of nitrogens with zero attached hydrogens (tertiary/aromatic N) is 1. The highest BCUT2D eigenvalue weighted by Crippen LogP contribution is 2.39. The summed E-state index contributed by atoms with van der Waals surface area (Å²) in [5.74, 6) is -8.05. The Morgan fingerprint density at radius 2 is 1.66 bits per heavy atom. The second kappa shape index (κ2) is 9.43. The van der Waals surface area contributed by atoms with Crippen LogP contribution in [-0.2, 0) is 16.0 Å². The molecule has 0 aromatic heterocycles. The molecule has 32 heavy (non-hydrogen) atoms. The SMILES string of the molecule is COc1cc2c(cc1OC)C(CC(=O)O)N(CC(=O)Nc1c(F)c(F)cc(F)c1F)CC2. The largest absolute Gasteiger partial charge is 0.493 e. The fraction of sp³-hybridized carbons (Fsp3) is 0.333. The van der Waals surface area contributed by atoms with Crippen LogP contribution in [-0.4, -0.2) is 49.2 Å². The predicted molar refractivity (Wildman–Crippen MR) is 105 cm³/mol. The van der Waals surface area contributed by atoms with Crippen molar-refractivity contribution in [2.24, 2.45) is 0 Å². The first kappa shape index (κ1) is 23.3. The highest BCUT2D eigenvalue weighted by molar-refractivity contribution is 5.92. The Morgan fingerprint density at radius 3 is 2.22 bits per heavy atom. The summed E-state index contributed by atoms with van der Waals surface area (Å²) in [5, 5.41) is 11.2. The van der Waals surface area contributed by atoms with Crippen molar-refractivity contribution in [2.75, 3.05) is 32.6 Å². The zero-order chi connectivity index (χ0) is 23.6. The van der Waals surface area contributed by atoms with Gasteiger partial charge in [0.25, 0.3) is 0 Å². The number of ether oxygens (including phenoxy) is 2. The number of hydrogen-bond acceptors (Lipinski definition) is 5. The highest BCUT2D eigenvalue weighted by atomic mass is 19.2. The Morgan fingerprint density at radius 1 is 1.06 bits per heavy atom. The van der Waals surface area contributed by atoms with E-state index in [-0.39, 0.29) is 19.0 Å². The number of carboxylic acids is 1. The molecule has 7 nitrogen and oxygen atoms in total. The van der Waals surface area contributed by atoms with E-state index >= 15 is 0 Å². The lowest BCUT2D eigenvalue weighted by Gasteiger charge is -2.36. The van der Waals surface area contributed by atoms with Gasteiger partial charge in [0.1, 0.15) is 5.69 Å². The van der Waals surface area contributed by atoms with Gasteiger partial charge in [-0.2, -0.15) is 0 Å². The summed E-state index contributed by atoms with van der Waals surface area (Å²) in [4.78, 5) is 25.4. The normalized spacial score (nSPS) is 15.8. The average molecular weight is 456 g/mol. The molecule has 0 saturated carbocycles. The van der Waals surface area contributed by atoms with Crippen LogP contribution in [0.2, 0.25) is 0 Å². The number of amides is 1. The number of anilines is 1. The second-order valence-corrected chi connectivity index (χ2v) is 7.13. The van der Waals surface area contributed by atoms with Crippen molar-refractivity contribution in [1.82, 2.24) is 4.90 Å². The lowest BCUT2D eigenvalue weighted by Crippen LogP contribution is -2.41. The maximum atomic E-state index is 13.9. The van der Waals surface area contributed by atoms with Gasteiger partial charge in [-0.25, -0.2) is 17.6 Å². The van der Waals surface area contributed by atoms with Crippen LogP contribution in [0.15, 0.2) is 18.2 Å². The summed E-state index contributed by atoms with van der Waals surface area (Å²) < 4.78 is 65.1. The fourth-order valence-electron chi connectivity index (χ4n) is 3.72. The molecule has 172 valence electrons. The molecule has 2 N–H and O–H groups in total. The number of methoxy groups -OCH3 is 2. The quantitative estimate of drug-likeness (QED) is 0.491. The molecule has 1 heterocycles. The van der Waals surface area contributed by atoms with Crippen LogP contribution >= 0.6 is 0 Å². The monoisotopic (exact) mass is 456 g/mol. The lowest BCUT2D eigenvalue weighted by molar-refractivity contribution is -0.139. The number of aliphatic carboxylic acids is 1. The van der Waals surface area contributed by atoms with Crippen molar-refractivity contribution in [3.8, 4) is 11.5 Å². The number of hydrogen-bond donors (Lipinski definition) is 2. The molecule has 1 atom stereocenters. The molecule has 11 heteroatoms. The van der Waals surface area contributed by atoms with E-state index in [0.29, 0.717) is 23.5 Å². The number of halogens is 4. The van der Waals surface area contributed by atoms with Gasteiger partial charge in [-0.15, -0.1) is 0 Å². The molecule has 0 bridgehead atoms. The fourth-order valence-corrected chi connectivity index (χ4v) is 3.72. The summed E-state index contributed by atoms with van der Waals surface area (Å²) in [6.45, 7) is -0.223. The van der Waals surface area contributed by atoms with Crippen molar-refractivity contribution >= 4 is 17.6 Å². The molecule has 2 aromatic rings. The molecule has 0 aliphatic carbocycles. The van der Waals surface area contributed by atoms with Crippen molar-refractivity contribution in [3.63, 3.8) is 0 Å². The Labute approximate surface area is 180 Å². The van der Waals surface area contributed by atoms with Gasteiger partial charge in [-0.3, -0.25) is 14.5 Å². The summed E-state index contributed by atoms with van der Waals surface area (Å²) in [5.41, 5.74) is 0.152. The minimum absolute atomic E-state index is 0.0342. The predicted octanol–water partition coefficient (Wildman–Crippen LogP) is 3.27. The molecule has 0 spiro atoms. The first-order chi connectivity index (χ1) is 15.2. The molecule has 0 saturated heterocycles. The number of benzene rings is 2. The average Bonchev–Trinajstić information content (AvgIpc) is 2.75. The van der Waals surface area contributed by atoms with Crippen LogP contribution in [0, 0.1) is 23.3 Å². The van der Waals surface area contributed by atoms with Crippen LogP contribution < -0.4 is 14.8 Å². The molecule has 0 radical (unpaired) electrons. The third-order valence-electron chi connectivity index (χ3n) is 5.20. The van der Waals surface area contributed by atoms with Crippen LogP contribution in [0.1, 0.15) is 23.6 Å². The van der Waals surface area contributed by atoms with E-state index in [1.807, 2.05) is 5.32 Å². The lowest BCUT2D eigenvalue weighted by atomic mass is 9.90. The minimum atomic E-state index is -1.74. The Balaban J connectivity index is 1.88. The van der Waals surface area contributed by atoms with Crippen molar-refractivity contribution in [2.45, 2.75) is 18.9 Å². The van der Waals surface area contributed by atoms with Crippen molar-refractivity contribution in [1.29, 1.82) is 0 Å². The first-order valence-electron chi connectivity index (χ1n) is 9.49. The first-order valence-corrected chi connectivity index (χ1v) is 9.49. The van der Waals surface area contributed by atoms with E-state index < -0.39 is 53.4 Å². The number of carbonyl (C=O) groups excluding carboxylic acids is 1. The van der Waals surface area contributed by atoms with Crippen molar-refractivity contribution < 1.29 is 41.7 Å². The molecule has 3 rings (SSSR count). The summed E-state index contributed by atoms with van der Waals surface area (Å²) in [6, 6.07) is 2.61. The van der Waals surface area contributed by atoms with E-state index in [0.717, 1.165) is 5.56 Å². The number of rotatable bonds is 7. The van der Waals surface area contributed by atoms with Crippen LogP contribution in [0.25, 0.3) is 0 Å². The second-order valence-electron chi connectivity index (χ2n) is 7.13. The van der Waals surface area contributed by atoms with E-state index in [2.05, 4.69) is 0 Å². The van der Waals surface area contributed by atoms with Gasteiger partial charge in [0, 0.05) is 18.7 Å². The zero-order valence-electron chi connectivity index (χ0n) is 17.2. The molecule has 1 aliphatic heterocycles. The molecule has 1 amide bonds. The smallest absolute Gasteiger partial charge is 0.305 e. The van der Waals surface area contributed by atoms with Gasteiger partial charge in [0.2, 0.25) is 5.91 Å². The topological polar surface area (TPSA) is 88.1 Å². The summed E-state index contributed by atoms with van der Waals surface area (Å²) in [6.07, 6.45) is 0.0590. The summed E-state index contributed by atoms with van der Waals surface area (Å²) >= 11 is 0. The number of carboxylic acid groups (broad SMARTS) is 1. The number of carbonyl (C=O) groups is 2. The zero-order valence-corrected chi connectivity index (χ0v) is 17.2. The van der Waals surface area contributed by atoms with Gasteiger partial charge in [0.05, 0.1) is 27.2 Å². The van der Waals surface area contributed by atoms with E-state index in [9.17, 15) is 32.3 Å². The highest BCUT2D eigenvalue weighted by Gasteiger charge is 2.32. The van der Waals surface area contributed by atoms with E-state index in [1.165, 1.54) is 19.1 Å². The maximum absolute atomic E-state index is 13.9. The summed E-state index contributed by atoms with van der Waals surface area (Å²) in [7, 11) is 2.89. The molecule has 0 fully saturated rings. The van der Waals surface area contributed by atoms with Gasteiger partial charge in [-0.1, -0.05) is 0 Å². The van der Waals surface area contributed by atoms with Crippen LogP contribution in [0.3, 0.4) is 0 Å². The van der Waals surface area contributed by atoms with Gasteiger partial charge in [-0.05, 0) is 29.7 Å². The molecular weight excluding hydrogens is 436 g/mol. The van der Waals surface area contributed by atoms with Gasteiger partial charge >= 0.3 is 5.97 Å². The molecule has 1 aliphatic rings. The van der Waals surface area contributed by atoms with Crippen molar-refractivity contribution in [3.05, 3.63) is 52.6 Å². The number of fused-ring (bicyclic) bond motifs is 1. The Kier molecular flexibility index (Phi) is 6.87. The number of nitrogens with one attached hydrogen (secondary N) is 1. The van der Waals surface area contributed by atoms with E-state index in [1.54, 1.807) is 12.1 Å². The maximum Gasteiger partial charge on any atom is 0.305 e. The minimum Gasteiger partial charge on any atom is -0.493 e. The Bertz CT molecular complexity index is 1040. The third-order valence-corrected chi connectivity index (χ3v) is 5.20. The molecule has 2 aromatic carbocycles. The Hall–Kier alpha value is -3.34. The molecule has 1 unspecified atom stereocenters. The standard InChI is InChI=1S/C21H20F4N2O5/c1-31-15-5-10-3-4-27(14(8-18(29)30)11(10)6-16(15)32-2)9-17(28)26-21-19(24)12(22)7-13(23)20(21)25/h5-7,14H,3-4,8-9H2,1-2H3,(H,26,28)(H,29,30). The van der Waals surface area contributed by atoms with Gasteiger partial charge < -0.3 is 19.9 Å². The van der Waals surface area contributed by atoms with Crippen LogP contribution in [0.4, 0.5) is 23.2 Å². The van der Waals surface area contributed by atoms with Gasteiger partial charge in [0.15, 0.2) is 34.8 Å². The molecular formula is C21H20F4N2O5. The van der Waals surface area contributed by atoms with Crippen LogP contribution in [0.5, 0.6) is 11.5 Å². The third kappa shape index (κ3) is 4.62. The van der Waals surface area contributed by atoms with E-state index in [4.69, 9.17) is 9.47 Å².